The van der Waals surface area contributed by atoms with Crippen LogP contribution in [0.1, 0.15) is 35.7 Å². The van der Waals surface area contributed by atoms with Crippen molar-refractivity contribution in [3.8, 4) is 0 Å². The quantitative estimate of drug-likeness (QED) is 0.560. The van der Waals surface area contributed by atoms with Crippen molar-refractivity contribution >= 4 is 12.3 Å². The average molecular weight is 206 g/mol. The molecule has 1 rings (SSSR count). The van der Waals surface area contributed by atoms with E-state index in [0.717, 1.165) is 11.8 Å². The summed E-state index contributed by atoms with van der Waals surface area (Å²) >= 11 is 0. The van der Waals surface area contributed by atoms with E-state index in [2.05, 4.69) is 0 Å². The Hall–Kier alpha value is -1.64. The van der Waals surface area contributed by atoms with Crippen molar-refractivity contribution in [1.29, 1.82) is 0 Å². The highest BCUT2D eigenvalue weighted by atomic mass is 16.5. The lowest BCUT2D eigenvalue weighted by atomic mass is 10.0. The largest absolute Gasteiger partial charge is 0.462 e. The summed E-state index contributed by atoms with van der Waals surface area (Å²) in [6, 6.07) is 6.89. The average Bonchev–Trinajstić information content (AvgIpc) is 2.28. The van der Waals surface area contributed by atoms with Gasteiger partial charge in [0.1, 0.15) is 6.29 Å². The van der Waals surface area contributed by atoms with Gasteiger partial charge >= 0.3 is 5.97 Å². The second-order valence-corrected chi connectivity index (χ2v) is 3.27. The van der Waals surface area contributed by atoms with E-state index in [0.29, 0.717) is 12.2 Å². The van der Waals surface area contributed by atoms with Gasteiger partial charge in [0.15, 0.2) is 0 Å². The van der Waals surface area contributed by atoms with Crippen LogP contribution in [0, 0.1) is 0 Å². The molecule has 15 heavy (non-hydrogen) atoms. The maximum atomic E-state index is 11.3. The maximum absolute atomic E-state index is 11.3. The summed E-state index contributed by atoms with van der Waals surface area (Å²) in [7, 11) is 0. The highest BCUT2D eigenvalue weighted by molar-refractivity contribution is 5.89. The molecule has 0 N–H and O–H groups in total. The fourth-order valence-corrected chi connectivity index (χ4v) is 1.22. The van der Waals surface area contributed by atoms with Crippen LogP contribution in [-0.2, 0) is 9.53 Å². The molecule has 0 fully saturated rings. The Morgan fingerprint density at radius 3 is 2.47 bits per heavy atom. The molecule has 3 nitrogen and oxygen atoms in total. The number of benzene rings is 1. The van der Waals surface area contributed by atoms with Crippen LogP contribution in [0.15, 0.2) is 24.3 Å². The second-order valence-electron chi connectivity index (χ2n) is 3.27. The molecule has 80 valence electrons. The van der Waals surface area contributed by atoms with Gasteiger partial charge in [-0.2, -0.15) is 0 Å². The van der Waals surface area contributed by atoms with E-state index in [1.165, 1.54) is 0 Å². The molecule has 1 aromatic carbocycles. The summed E-state index contributed by atoms with van der Waals surface area (Å²) in [5, 5.41) is 0. The second kappa shape index (κ2) is 5.29. The van der Waals surface area contributed by atoms with Gasteiger partial charge in [-0.3, -0.25) is 0 Å². The molecule has 0 heterocycles. The van der Waals surface area contributed by atoms with Gasteiger partial charge in [-0.15, -0.1) is 0 Å². The Bertz CT molecular complexity index is 340. The van der Waals surface area contributed by atoms with Gasteiger partial charge < -0.3 is 9.53 Å². The minimum atomic E-state index is -0.331. The number of aldehydes is 1. The minimum absolute atomic E-state index is 0.138. The van der Waals surface area contributed by atoms with Crippen LogP contribution in [0.2, 0.25) is 0 Å². The smallest absolute Gasteiger partial charge is 0.338 e. The van der Waals surface area contributed by atoms with Gasteiger partial charge in [-0.05, 0) is 24.6 Å². The summed E-state index contributed by atoms with van der Waals surface area (Å²) in [5.74, 6) is -0.468. The molecule has 0 aliphatic heterocycles. The van der Waals surface area contributed by atoms with Crippen molar-refractivity contribution in [3.05, 3.63) is 35.4 Å². The molecule has 0 saturated carbocycles. The predicted molar refractivity (Wildman–Crippen MR) is 56.9 cm³/mol. The van der Waals surface area contributed by atoms with Gasteiger partial charge in [-0.1, -0.05) is 19.1 Å². The van der Waals surface area contributed by atoms with E-state index in [1.54, 1.807) is 31.2 Å². The van der Waals surface area contributed by atoms with Crippen LogP contribution in [0.25, 0.3) is 0 Å². The van der Waals surface area contributed by atoms with Gasteiger partial charge in [0.2, 0.25) is 0 Å². The van der Waals surface area contributed by atoms with Crippen LogP contribution in [-0.4, -0.2) is 18.9 Å². The standard InChI is InChI=1S/C12H14O3/c1-3-15-12(14)11-6-4-10(5-7-11)9(2)8-13/h4-9H,3H2,1-2H3. The SMILES string of the molecule is CCOC(=O)c1ccc(C(C)C=O)cc1. The van der Waals surface area contributed by atoms with E-state index >= 15 is 0 Å². The van der Waals surface area contributed by atoms with Crippen molar-refractivity contribution < 1.29 is 14.3 Å². The van der Waals surface area contributed by atoms with Crippen molar-refractivity contribution in [3.63, 3.8) is 0 Å². The van der Waals surface area contributed by atoms with Crippen molar-refractivity contribution in [2.45, 2.75) is 19.8 Å². The zero-order chi connectivity index (χ0) is 11.3. The zero-order valence-electron chi connectivity index (χ0n) is 8.90. The molecule has 0 saturated heterocycles. The van der Waals surface area contributed by atoms with Crippen LogP contribution >= 0.6 is 0 Å². The predicted octanol–water partition coefficient (Wildman–Crippen LogP) is 2.17. The topological polar surface area (TPSA) is 43.4 Å². The highest BCUT2D eigenvalue weighted by Crippen LogP contribution is 2.14. The van der Waals surface area contributed by atoms with E-state index in [-0.39, 0.29) is 11.9 Å². The fourth-order valence-electron chi connectivity index (χ4n) is 1.22. The first-order chi connectivity index (χ1) is 7.19. The van der Waals surface area contributed by atoms with Gasteiger partial charge in [0.05, 0.1) is 12.2 Å². The Kier molecular flexibility index (Phi) is 4.03. The number of ether oxygens (including phenoxy) is 1. The first kappa shape index (κ1) is 11.4. The van der Waals surface area contributed by atoms with Crippen LogP contribution in [0.3, 0.4) is 0 Å². The van der Waals surface area contributed by atoms with E-state index in [1.807, 2.05) is 6.92 Å². The molecule has 0 aliphatic carbocycles. The fraction of sp³-hybridized carbons (Fsp3) is 0.333. The number of hydrogen-bond acceptors (Lipinski definition) is 3. The molecule has 1 aromatic rings. The van der Waals surface area contributed by atoms with Gasteiger partial charge in [-0.25, -0.2) is 4.79 Å². The van der Waals surface area contributed by atoms with Crippen LogP contribution < -0.4 is 0 Å². The third-order valence-electron chi connectivity index (χ3n) is 2.15. The van der Waals surface area contributed by atoms with Crippen molar-refractivity contribution in [2.24, 2.45) is 0 Å². The monoisotopic (exact) mass is 206 g/mol. The number of esters is 1. The molecular weight excluding hydrogens is 192 g/mol. The maximum Gasteiger partial charge on any atom is 0.338 e. The Labute approximate surface area is 89.1 Å². The molecule has 0 spiro atoms. The Balaban J connectivity index is 2.80. The normalized spacial score (nSPS) is 11.9. The molecule has 0 bridgehead atoms. The van der Waals surface area contributed by atoms with Crippen LogP contribution in [0.4, 0.5) is 0 Å². The van der Waals surface area contributed by atoms with E-state index < -0.39 is 0 Å². The van der Waals surface area contributed by atoms with Crippen molar-refractivity contribution in [1.82, 2.24) is 0 Å². The van der Waals surface area contributed by atoms with E-state index in [4.69, 9.17) is 4.74 Å². The molecule has 0 radical (unpaired) electrons. The number of hydrogen-bond donors (Lipinski definition) is 0. The summed E-state index contributed by atoms with van der Waals surface area (Å²) < 4.78 is 4.85. The molecule has 0 aromatic heterocycles. The lowest BCUT2D eigenvalue weighted by molar-refractivity contribution is -0.108. The number of carbonyl (C=O) groups is 2. The summed E-state index contributed by atoms with van der Waals surface area (Å²) in [5.41, 5.74) is 1.41. The molecule has 0 amide bonds. The Morgan fingerprint density at radius 2 is 2.00 bits per heavy atom. The first-order valence-electron chi connectivity index (χ1n) is 4.91. The molecule has 3 heteroatoms. The molecule has 1 atom stereocenters. The number of carbonyl (C=O) groups excluding carboxylic acids is 2. The molecule has 1 unspecified atom stereocenters. The van der Waals surface area contributed by atoms with Gasteiger partial charge in [0, 0.05) is 5.92 Å². The number of rotatable bonds is 4. The summed E-state index contributed by atoms with van der Waals surface area (Å²) in [6.07, 6.45) is 0.874. The third kappa shape index (κ3) is 2.91. The Morgan fingerprint density at radius 1 is 1.40 bits per heavy atom. The lowest BCUT2D eigenvalue weighted by Crippen LogP contribution is -2.04. The van der Waals surface area contributed by atoms with Gasteiger partial charge in [0.25, 0.3) is 0 Å². The van der Waals surface area contributed by atoms with Crippen molar-refractivity contribution in [2.75, 3.05) is 6.61 Å². The third-order valence-corrected chi connectivity index (χ3v) is 2.15. The zero-order valence-corrected chi connectivity index (χ0v) is 8.90. The minimum Gasteiger partial charge on any atom is -0.462 e. The lowest BCUT2D eigenvalue weighted by Gasteiger charge is -2.05. The summed E-state index contributed by atoms with van der Waals surface area (Å²) in [6.45, 7) is 3.94. The molecular formula is C12H14O3. The van der Waals surface area contributed by atoms with E-state index in [9.17, 15) is 9.59 Å². The highest BCUT2D eigenvalue weighted by Gasteiger charge is 2.07. The summed E-state index contributed by atoms with van der Waals surface area (Å²) in [4.78, 5) is 21.8. The van der Waals surface area contributed by atoms with Crippen LogP contribution in [0.5, 0.6) is 0 Å². The molecule has 0 aliphatic rings. The first-order valence-corrected chi connectivity index (χ1v) is 4.91.